The molecule has 1 heterocycles. The Morgan fingerprint density at radius 2 is 1.83 bits per heavy atom. The van der Waals surface area contributed by atoms with Crippen molar-refractivity contribution in [2.24, 2.45) is 5.92 Å². The second-order valence-corrected chi connectivity index (χ2v) is 5.82. The first-order valence-corrected chi connectivity index (χ1v) is 7.47. The number of hydrogen-bond donors (Lipinski definition) is 1. The van der Waals surface area contributed by atoms with E-state index < -0.39 is 0 Å². The smallest absolute Gasteiger partial charge is 0.117 e. The zero-order valence-electron chi connectivity index (χ0n) is 12.3. The van der Waals surface area contributed by atoms with Crippen molar-refractivity contribution < 1.29 is 4.42 Å². The highest BCUT2D eigenvalue weighted by molar-refractivity contribution is 5.17. The number of hydrogen-bond acceptors (Lipinski definition) is 2. The van der Waals surface area contributed by atoms with Crippen LogP contribution in [-0.4, -0.2) is 5.54 Å². The molecule has 2 unspecified atom stereocenters. The second kappa shape index (κ2) is 5.48. The lowest BCUT2D eigenvalue weighted by atomic mass is 9.90. The number of rotatable bonds is 7. The average Bonchev–Trinajstić information content (AvgIpc) is 2.94. The Bertz CT molecular complexity index is 370. The van der Waals surface area contributed by atoms with Crippen LogP contribution in [0.3, 0.4) is 0 Å². The van der Waals surface area contributed by atoms with Gasteiger partial charge in [-0.1, -0.05) is 27.7 Å². The summed E-state index contributed by atoms with van der Waals surface area (Å²) in [6.45, 7) is 9.94. The van der Waals surface area contributed by atoms with Crippen LogP contribution in [0.15, 0.2) is 16.5 Å². The highest BCUT2D eigenvalue weighted by atomic mass is 16.3. The summed E-state index contributed by atoms with van der Waals surface area (Å²) in [6, 6.07) is 4.30. The maximum atomic E-state index is 5.94. The first-order valence-electron chi connectivity index (χ1n) is 7.47. The fraction of sp³-hybridized carbons (Fsp3) is 0.750. The third kappa shape index (κ3) is 2.80. The molecule has 0 bridgehead atoms. The zero-order chi connectivity index (χ0) is 13.2. The fourth-order valence-corrected chi connectivity index (χ4v) is 2.81. The van der Waals surface area contributed by atoms with Crippen LogP contribution in [0.2, 0.25) is 0 Å². The van der Waals surface area contributed by atoms with Gasteiger partial charge in [0.05, 0.1) is 6.54 Å². The van der Waals surface area contributed by atoms with Crippen LogP contribution in [0, 0.1) is 5.92 Å². The first kappa shape index (κ1) is 13.7. The van der Waals surface area contributed by atoms with E-state index in [1.54, 1.807) is 0 Å². The molecule has 2 nitrogen and oxygen atoms in total. The van der Waals surface area contributed by atoms with Gasteiger partial charge in [0, 0.05) is 11.5 Å². The highest BCUT2D eigenvalue weighted by Crippen LogP contribution is 2.47. The minimum atomic E-state index is 0.278. The molecule has 1 saturated carbocycles. The topological polar surface area (TPSA) is 25.2 Å². The molecule has 0 aromatic carbocycles. The van der Waals surface area contributed by atoms with E-state index in [4.69, 9.17) is 4.42 Å². The first-order chi connectivity index (χ1) is 8.64. The van der Waals surface area contributed by atoms with Gasteiger partial charge in [-0.25, -0.2) is 0 Å². The van der Waals surface area contributed by atoms with E-state index >= 15 is 0 Å². The number of furan rings is 1. The van der Waals surface area contributed by atoms with Gasteiger partial charge >= 0.3 is 0 Å². The van der Waals surface area contributed by atoms with Gasteiger partial charge in [-0.2, -0.15) is 0 Å². The van der Waals surface area contributed by atoms with Crippen molar-refractivity contribution >= 4 is 0 Å². The van der Waals surface area contributed by atoms with Gasteiger partial charge in [0.15, 0.2) is 0 Å². The van der Waals surface area contributed by atoms with Crippen molar-refractivity contribution in [3.63, 3.8) is 0 Å². The lowest BCUT2D eigenvalue weighted by molar-refractivity contribution is 0.275. The molecular weight excluding hydrogens is 222 g/mol. The van der Waals surface area contributed by atoms with Crippen molar-refractivity contribution in [2.75, 3.05) is 0 Å². The van der Waals surface area contributed by atoms with Crippen LogP contribution in [0.25, 0.3) is 0 Å². The maximum Gasteiger partial charge on any atom is 0.117 e. The van der Waals surface area contributed by atoms with Crippen LogP contribution < -0.4 is 5.32 Å². The summed E-state index contributed by atoms with van der Waals surface area (Å²) in [5, 5.41) is 3.69. The monoisotopic (exact) mass is 249 g/mol. The summed E-state index contributed by atoms with van der Waals surface area (Å²) in [5.41, 5.74) is 0.278. The molecular formula is C16H27NO. The van der Waals surface area contributed by atoms with Crippen LogP contribution in [0.1, 0.15) is 70.8 Å². The Balaban J connectivity index is 1.91. The van der Waals surface area contributed by atoms with E-state index in [1.807, 2.05) is 0 Å². The maximum absolute atomic E-state index is 5.94. The predicted octanol–water partition coefficient (Wildman–Crippen LogP) is 4.46. The van der Waals surface area contributed by atoms with Crippen molar-refractivity contribution in [3.8, 4) is 0 Å². The van der Waals surface area contributed by atoms with Crippen LogP contribution in [0.5, 0.6) is 0 Å². The van der Waals surface area contributed by atoms with Gasteiger partial charge in [-0.05, 0) is 43.7 Å². The molecule has 2 heteroatoms. The Labute approximate surface area is 111 Å². The van der Waals surface area contributed by atoms with Gasteiger partial charge in [0.2, 0.25) is 0 Å². The second-order valence-electron chi connectivity index (χ2n) is 5.82. The van der Waals surface area contributed by atoms with E-state index in [1.165, 1.54) is 31.4 Å². The summed E-state index contributed by atoms with van der Waals surface area (Å²) in [6.07, 6.45) is 4.82. The van der Waals surface area contributed by atoms with Crippen molar-refractivity contribution in [2.45, 2.75) is 71.4 Å². The van der Waals surface area contributed by atoms with Crippen molar-refractivity contribution in [1.29, 1.82) is 0 Å². The summed E-state index contributed by atoms with van der Waals surface area (Å²) in [4.78, 5) is 0. The molecule has 2 rings (SSSR count). The standard InChI is InChI=1S/C16H27NO/c1-5-16(6-2,7-3)17-11-13-8-9-15(18-13)14-10-12(14)4/h8-9,12,14,17H,5-7,10-11H2,1-4H3. The van der Waals surface area contributed by atoms with Gasteiger partial charge in [0.25, 0.3) is 0 Å². The SMILES string of the molecule is CCC(CC)(CC)NCc1ccc(C2CC2C)o1. The van der Waals surface area contributed by atoms with E-state index in [9.17, 15) is 0 Å². The third-order valence-corrected chi connectivity index (χ3v) is 4.83. The normalized spacial score (nSPS) is 23.3. The molecule has 1 aromatic rings. The Hall–Kier alpha value is -0.760. The lowest BCUT2D eigenvalue weighted by Crippen LogP contribution is -2.42. The van der Waals surface area contributed by atoms with Crippen LogP contribution in [-0.2, 0) is 6.54 Å². The van der Waals surface area contributed by atoms with E-state index in [0.29, 0.717) is 5.92 Å². The van der Waals surface area contributed by atoms with Crippen molar-refractivity contribution in [3.05, 3.63) is 23.7 Å². The van der Waals surface area contributed by atoms with Gasteiger partial charge < -0.3 is 9.73 Å². The van der Waals surface area contributed by atoms with E-state index in [0.717, 1.165) is 18.2 Å². The molecule has 1 aliphatic rings. The van der Waals surface area contributed by atoms with Gasteiger partial charge in [-0.15, -0.1) is 0 Å². The minimum absolute atomic E-state index is 0.278. The Kier molecular flexibility index (Phi) is 4.16. The number of nitrogens with one attached hydrogen (secondary N) is 1. The fourth-order valence-electron chi connectivity index (χ4n) is 2.81. The molecule has 0 radical (unpaired) electrons. The van der Waals surface area contributed by atoms with E-state index in [-0.39, 0.29) is 5.54 Å². The largest absolute Gasteiger partial charge is 0.464 e. The average molecular weight is 249 g/mol. The molecule has 18 heavy (non-hydrogen) atoms. The summed E-state index contributed by atoms with van der Waals surface area (Å²) in [7, 11) is 0. The quantitative estimate of drug-likeness (QED) is 0.771. The lowest BCUT2D eigenvalue weighted by Gasteiger charge is -2.31. The van der Waals surface area contributed by atoms with Gasteiger partial charge in [0.1, 0.15) is 11.5 Å². The van der Waals surface area contributed by atoms with Crippen molar-refractivity contribution in [1.82, 2.24) is 5.32 Å². The molecule has 102 valence electrons. The molecule has 1 fully saturated rings. The molecule has 0 aliphatic heterocycles. The zero-order valence-corrected chi connectivity index (χ0v) is 12.3. The molecule has 1 aliphatic carbocycles. The third-order valence-electron chi connectivity index (χ3n) is 4.83. The molecule has 1 aromatic heterocycles. The van der Waals surface area contributed by atoms with Crippen LogP contribution >= 0.6 is 0 Å². The minimum Gasteiger partial charge on any atom is -0.464 e. The van der Waals surface area contributed by atoms with E-state index in [2.05, 4.69) is 45.1 Å². The predicted molar refractivity (Wildman–Crippen MR) is 75.7 cm³/mol. The summed E-state index contributed by atoms with van der Waals surface area (Å²) < 4.78 is 5.94. The molecule has 2 atom stereocenters. The summed E-state index contributed by atoms with van der Waals surface area (Å²) >= 11 is 0. The Morgan fingerprint density at radius 3 is 2.33 bits per heavy atom. The molecule has 0 spiro atoms. The van der Waals surface area contributed by atoms with Crippen LogP contribution in [0.4, 0.5) is 0 Å². The summed E-state index contributed by atoms with van der Waals surface area (Å²) in [5.74, 6) is 3.78. The molecule has 0 amide bonds. The highest BCUT2D eigenvalue weighted by Gasteiger charge is 2.36. The molecule has 0 saturated heterocycles. The van der Waals surface area contributed by atoms with Gasteiger partial charge in [-0.3, -0.25) is 0 Å². The Morgan fingerprint density at radius 1 is 1.22 bits per heavy atom. The molecule has 1 N–H and O–H groups in total.